The molecule has 0 aliphatic heterocycles. The van der Waals surface area contributed by atoms with E-state index in [-0.39, 0.29) is 24.3 Å². The van der Waals surface area contributed by atoms with Crippen molar-refractivity contribution in [2.75, 3.05) is 0 Å². The van der Waals surface area contributed by atoms with Crippen molar-refractivity contribution in [1.82, 2.24) is 0 Å². The number of nitro benzene ring substituents is 2. The highest BCUT2D eigenvalue weighted by atomic mass is 32.2. The lowest BCUT2D eigenvalue weighted by molar-refractivity contribution is -0.388. The molecule has 4 aromatic rings. The zero-order chi connectivity index (χ0) is 36.5. The first-order valence-corrected chi connectivity index (χ1v) is 17.3. The van der Waals surface area contributed by atoms with Crippen molar-refractivity contribution in [3.05, 3.63) is 141 Å². The largest absolute Gasteiger partial charge is 0.389 e. The Bertz CT molecular complexity index is 2000. The first-order valence-electron chi connectivity index (χ1n) is 14.4. The minimum absolute atomic E-state index is 0.105. The molecule has 0 saturated carbocycles. The molecule has 0 fully saturated rings. The maximum Gasteiger partial charge on any atom is 0.346 e. The topological polar surface area (TPSA) is 231 Å². The predicted octanol–water partition coefficient (Wildman–Crippen LogP) is 4.84. The Morgan fingerprint density at radius 2 is 0.960 bits per heavy atom. The first-order chi connectivity index (χ1) is 23.6. The van der Waals surface area contributed by atoms with Crippen LogP contribution in [-0.2, 0) is 25.0 Å². The molecule has 0 spiro atoms. The van der Waals surface area contributed by atoms with Gasteiger partial charge in [-0.25, -0.2) is 0 Å². The van der Waals surface area contributed by atoms with Crippen LogP contribution in [0.5, 0.6) is 11.5 Å². The highest BCUT2D eigenvalue weighted by molar-refractivity contribution is 7.87. The lowest BCUT2D eigenvalue weighted by Crippen LogP contribution is -2.16. The van der Waals surface area contributed by atoms with Crippen LogP contribution < -0.4 is 8.37 Å². The van der Waals surface area contributed by atoms with E-state index >= 15 is 0 Å². The Labute approximate surface area is 285 Å². The fourth-order valence-corrected chi connectivity index (χ4v) is 6.58. The average Bonchev–Trinajstić information content (AvgIpc) is 3.07. The van der Waals surface area contributed by atoms with E-state index in [1.165, 1.54) is 97.1 Å². The molecule has 0 aliphatic rings. The van der Waals surface area contributed by atoms with E-state index in [1.807, 2.05) is 0 Å². The molecule has 15 nitrogen and oxygen atoms in total. The van der Waals surface area contributed by atoms with Crippen molar-refractivity contribution < 1.29 is 50.1 Å². The molecule has 17 heteroatoms. The minimum Gasteiger partial charge on any atom is -0.389 e. The smallest absolute Gasteiger partial charge is 0.346 e. The number of carbonyl (C=O) groups excluding carboxylic acids is 1. The SMILES string of the molecule is O=C(C[C@@H](O)/C=C/c1ccc(OS(=O)(=O)c2ccccc2[N+](=O)[O-])cc1)C[C@@H](O)/C=C/c1ccc(OS(=O)(=O)c2ccccc2[N+](=O)[O-])cc1. The number of aliphatic hydroxyl groups excluding tert-OH is 2. The lowest BCUT2D eigenvalue weighted by atomic mass is 10.0. The van der Waals surface area contributed by atoms with Gasteiger partial charge in [0.05, 0.1) is 22.1 Å². The van der Waals surface area contributed by atoms with Gasteiger partial charge in [0.2, 0.25) is 0 Å². The predicted molar refractivity (Wildman–Crippen MR) is 179 cm³/mol. The second-order valence-electron chi connectivity index (χ2n) is 10.5. The van der Waals surface area contributed by atoms with Crippen LogP contribution in [0.3, 0.4) is 0 Å². The van der Waals surface area contributed by atoms with Crippen LogP contribution in [0.2, 0.25) is 0 Å². The van der Waals surface area contributed by atoms with Crippen molar-refractivity contribution in [2.24, 2.45) is 0 Å². The Balaban J connectivity index is 1.26. The summed E-state index contributed by atoms with van der Waals surface area (Å²) >= 11 is 0. The maximum absolute atomic E-state index is 12.6. The second kappa shape index (κ2) is 16.1. The standard InChI is InChI=1S/C33H28N2O13S2/c36-25(15-9-23-11-17-28(18-12-23)47-49(43,44)32-7-3-1-5-30(32)34(39)40)21-27(38)22-26(37)16-10-24-13-19-29(20-14-24)48-50(45,46)33-8-4-2-6-31(33)35(41)42/h1-20,25-26,36-37H,21-22H2/b15-9+,16-10+/t25-,26-/m0/s1. The van der Waals surface area contributed by atoms with E-state index in [0.717, 1.165) is 24.3 Å². The highest BCUT2D eigenvalue weighted by Gasteiger charge is 2.28. The number of para-hydroxylation sites is 2. The summed E-state index contributed by atoms with van der Waals surface area (Å²) in [5.41, 5.74) is -0.221. The summed E-state index contributed by atoms with van der Waals surface area (Å²) in [6.07, 6.45) is 2.61. The van der Waals surface area contributed by atoms with Gasteiger partial charge in [0.25, 0.3) is 11.4 Å². The molecule has 0 saturated heterocycles. The first kappa shape index (κ1) is 37.1. The number of nitrogens with zero attached hydrogens (tertiary/aromatic N) is 2. The fraction of sp³-hybridized carbons (Fsp3) is 0.121. The summed E-state index contributed by atoms with van der Waals surface area (Å²) in [5.74, 6) is -0.662. The minimum atomic E-state index is -4.50. The van der Waals surface area contributed by atoms with Gasteiger partial charge in [0.1, 0.15) is 17.3 Å². The third kappa shape index (κ3) is 10.1. The molecule has 260 valence electrons. The van der Waals surface area contributed by atoms with Gasteiger partial charge in [-0.05, 0) is 47.5 Å². The molecule has 4 rings (SSSR count). The van der Waals surface area contributed by atoms with Gasteiger partial charge in [-0.1, -0.05) is 72.8 Å². The molecular weight excluding hydrogens is 696 g/mol. The molecule has 0 aliphatic carbocycles. The number of rotatable bonds is 16. The third-order valence-corrected chi connectivity index (χ3v) is 9.32. The molecule has 0 radical (unpaired) electrons. The van der Waals surface area contributed by atoms with E-state index in [0.29, 0.717) is 11.1 Å². The third-order valence-electron chi connectivity index (χ3n) is 6.73. The Kier molecular flexibility index (Phi) is 11.9. The Morgan fingerprint density at radius 1 is 0.620 bits per heavy atom. The fourth-order valence-electron chi connectivity index (χ4n) is 4.38. The summed E-state index contributed by atoms with van der Waals surface area (Å²) in [7, 11) is -8.99. The van der Waals surface area contributed by atoms with Crippen molar-refractivity contribution in [1.29, 1.82) is 0 Å². The van der Waals surface area contributed by atoms with Crippen molar-refractivity contribution in [2.45, 2.75) is 34.8 Å². The molecule has 0 bridgehead atoms. The van der Waals surface area contributed by atoms with Gasteiger partial charge in [0.15, 0.2) is 9.79 Å². The van der Waals surface area contributed by atoms with Crippen LogP contribution in [0.1, 0.15) is 24.0 Å². The van der Waals surface area contributed by atoms with Crippen LogP contribution in [0.15, 0.2) is 119 Å². The molecule has 2 N–H and O–H groups in total. The van der Waals surface area contributed by atoms with Crippen LogP contribution >= 0.6 is 0 Å². The molecule has 50 heavy (non-hydrogen) atoms. The van der Waals surface area contributed by atoms with Crippen molar-refractivity contribution in [3.8, 4) is 11.5 Å². The lowest BCUT2D eigenvalue weighted by Gasteiger charge is -2.09. The number of Topliss-reactive ketones (excluding diaryl/α,β-unsaturated/α-hetero) is 1. The highest BCUT2D eigenvalue weighted by Crippen LogP contribution is 2.28. The number of hydrogen-bond acceptors (Lipinski definition) is 13. The summed E-state index contributed by atoms with van der Waals surface area (Å²) in [5, 5.41) is 42.9. The van der Waals surface area contributed by atoms with Gasteiger partial charge < -0.3 is 18.6 Å². The van der Waals surface area contributed by atoms with Gasteiger partial charge >= 0.3 is 20.2 Å². The Hall–Kier alpha value is -5.75. The number of ketones is 1. The molecule has 0 aromatic heterocycles. The molecule has 0 amide bonds. The zero-order valence-electron chi connectivity index (χ0n) is 25.7. The monoisotopic (exact) mass is 724 g/mol. The molecular formula is C33H28N2O13S2. The van der Waals surface area contributed by atoms with Crippen molar-refractivity contribution in [3.63, 3.8) is 0 Å². The van der Waals surface area contributed by atoms with Gasteiger partial charge in [-0.2, -0.15) is 16.8 Å². The van der Waals surface area contributed by atoms with Crippen LogP contribution in [0.4, 0.5) is 11.4 Å². The number of hydrogen-bond donors (Lipinski definition) is 2. The maximum atomic E-state index is 12.6. The number of aliphatic hydroxyl groups is 2. The molecule has 4 aromatic carbocycles. The molecule has 2 atom stereocenters. The zero-order valence-corrected chi connectivity index (χ0v) is 27.3. The molecule has 0 unspecified atom stereocenters. The quantitative estimate of drug-likeness (QED) is 0.0896. The van der Waals surface area contributed by atoms with Gasteiger partial charge in [-0.15, -0.1) is 0 Å². The van der Waals surface area contributed by atoms with Crippen LogP contribution in [-0.4, -0.2) is 54.9 Å². The normalized spacial score (nSPS) is 13.2. The summed E-state index contributed by atoms with van der Waals surface area (Å²) in [4.78, 5) is 31.9. The van der Waals surface area contributed by atoms with Gasteiger partial charge in [0, 0.05) is 25.0 Å². The second-order valence-corrected chi connectivity index (χ2v) is 13.5. The number of carbonyl (C=O) groups is 1. The Morgan fingerprint density at radius 3 is 1.30 bits per heavy atom. The van der Waals surface area contributed by atoms with E-state index in [2.05, 4.69) is 0 Å². The summed E-state index contributed by atoms with van der Waals surface area (Å²) in [6, 6.07) is 20.6. The summed E-state index contributed by atoms with van der Waals surface area (Å²) in [6.45, 7) is 0. The van der Waals surface area contributed by atoms with Crippen LogP contribution in [0.25, 0.3) is 12.2 Å². The van der Waals surface area contributed by atoms with E-state index in [1.54, 1.807) is 0 Å². The van der Waals surface area contributed by atoms with E-state index < -0.39 is 69.2 Å². The van der Waals surface area contributed by atoms with Gasteiger partial charge in [-0.3, -0.25) is 25.0 Å². The number of nitro groups is 2. The van der Waals surface area contributed by atoms with Crippen LogP contribution in [0, 0.1) is 20.2 Å². The number of benzene rings is 4. The summed E-state index contributed by atoms with van der Waals surface area (Å²) < 4.78 is 60.3. The molecule has 0 heterocycles. The van der Waals surface area contributed by atoms with E-state index in [4.69, 9.17) is 8.37 Å². The average molecular weight is 725 g/mol. The van der Waals surface area contributed by atoms with Crippen molar-refractivity contribution >= 4 is 49.5 Å². The van der Waals surface area contributed by atoms with E-state index in [9.17, 15) is 52.1 Å².